The van der Waals surface area contributed by atoms with E-state index >= 15 is 0 Å². The molecule has 0 saturated carbocycles. The van der Waals surface area contributed by atoms with E-state index in [0.717, 1.165) is 21.2 Å². The molecule has 0 aliphatic rings. The minimum Gasteiger partial charge on any atom is -0.324 e. The molecule has 17 heavy (non-hydrogen) atoms. The quantitative estimate of drug-likeness (QED) is 0.847. The van der Waals surface area contributed by atoms with Gasteiger partial charge in [0.2, 0.25) is 0 Å². The van der Waals surface area contributed by atoms with Gasteiger partial charge in [-0.15, -0.1) is 0 Å². The van der Waals surface area contributed by atoms with Gasteiger partial charge in [-0.25, -0.2) is 0 Å². The van der Waals surface area contributed by atoms with E-state index in [-0.39, 0.29) is 0 Å². The Kier molecular flexibility index (Phi) is 4.10. The molecular formula is C13H12N2S2+2. The van der Waals surface area contributed by atoms with Crippen LogP contribution in [0.25, 0.3) is 4.85 Å². The zero-order chi connectivity index (χ0) is 12.1. The largest absolute Gasteiger partial charge is 0.354 e. The summed E-state index contributed by atoms with van der Waals surface area (Å²) in [6.45, 7) is 5.34. The van der Waals surface area contributed by atoms with Crippen molar-refractivity contribution < 1.29 is 5.73 Å². The fraction of sp³-hybridized carbons (Fsp3) is 0. The third-order valence-corrected chi connectivity index (χ3v) is 4.71. The summed E-state index contributed by atoms with van der Waals surface area (Å²) >= 11 is 0. The Bertz CT molecular complexity index is 561. The van der Waals surface area contributed by atoms with Crippen LogP contribution < -0.4 is 5.73 Å². The van der Waals surface area contributed by atoms with Crippen LogP contribution in [0.2, 0.25) is 0 Å². The standard InChI is InChI=1S/C13H11N2S2/c1-15-11-7-3-5-9-13(11)17-16-12-8-4-2-6-10(12)14/h1-9H,14H2/q+1/p+1. The third-order valence-electron chi connectivity index (χ3n) is 2.20. The van der Waals surface area contributed by atoms with Gasteiger partial charge in [-0.3, -0.25) is 0 Å². The predicted octanol–water partition coefficient (Wildman–Crippen LogP) is 3.95. The zero-order valence-corrected chi connectivity index (χ0v) is 10.8. The summed E-state index contributed by atoms with van der Waals surface area (Å²) in [6.07, 6.45) is 0. The normalized spacial score (nSPS) is 9.88. The second kappa shape index (κ2) is 5.78. The second-order valence-corrected chi connectivity index (χ2v) is 5.58. The molecule has 2 aromatic carbocycles. The van der Waals surface area contributed by atoms with Gasteiger partial charge in [0, 0.05) is 12.1 Å². The van der Waals surface area contributed by atoms with Crippen LogP contribution >= 0.6 is 21.6 Å². The summed E-state index contributed by atoms with van der Waals surface area (Å²) in [7, 11) is 3.31. The summed E-state index contributed by atoms with van der Waals surface area (Å²) in [5.41, 5.74) is 5.84. The van der Waals surface area contributed by atoms with Crippen LogP contribution in [0, 0.1) is 6.57 Å². The van der Waals surface area contributed by atoms with E-state index in [0.29, 0.717) is 0 Å². The van der Waals surface area contributed by atoms with E-state index < -0.39 is 0 Å². The average Bonchev–Trinajstić information content (AvgIpc) is 2.38. The molecule has 3 N–H and O–H groups in total. The molecule has 2 aromatic rings. The summed E-state index contributed by atoms with van der Waals surface area (Å²) < 4.78 is 0. The minimum absolute atomic E-state index is 0.812. The third kappa shape index (κ3) is 3.04. The van der Waals surface area contributed by atoms with Crippen LogP contribution in [0.3, 0.4) is 0 Å². The Morgan fingerprint density at radius 1 is 0.882 bits per heavy atom. The smallest absolute Gasteiger partial charge is 0.324 e. The van der Waals surface area contributed by atoms with Crippen LogP contribution in [0.5, 0.6) is 0 Å². The van der Waals surface area contributed by atoms with Crippen molar-refractivity contribution in [2.45, 2.75) is 9.79 Å². The number of benzene rings is 2. The highest BCUT2D eigenvalue weighted by atomic mass is 33.1. The Labute approximate surface area is 108 Å². The van der Waals surface area contributed by atoms with E-state index in [1.54, 1.807) is 21.6 Å². The van der Waals surface area contributed by atoms with Crippen molar-refractivity contribution in [3.63, 3.8) is 0 Å². The molecule has 0 radical (unpaired) electrons. The van der Waals surface area contributed by atoms with Crippen LogP contribution in [-0.2, 0) is 0 Å². The first-order chi connectivity index (χ1) is 8.31. The van der Waals surface area contributed by atoms with Gasteiger partial charge in [0.15, 0.2) is 0 Å². The predicted molar refractivity (Wildman–Crippen MR) is 75.1 cm³/mol. The van der Waals surface area contributed by atoms with Crippen molar-refractivity contribution in [2.24, 2.45) is 0 Å². The highest BCUT2D eigenvalue weighted by Gasteiger charge is 2.11. The van der Waals surface area contributed by atoms with Crippen molar-refractivity contribution in [2.75, 3.05) is 0 Å². The highest BCUT2D eigenvalue weighted by molar-refractivity contribution is 8.76. The lowest BCUT2D eigenvalue weighted by molar-refractivity contribution is -0.258. The first kappa shape index (κ1) is 12.1. The molecular weight excluding hydrogens is 248 g/mol. The van der Waals surface area contributed by atoms with E-state index in [4.69, 9.17) is 6.57 Å². The summed E-state index contributed by atoms with van der Waals surface area (Å²) in [4.78, 5) is 5.97. The summed E-state index contributed by atoms with van der Waals surface area (Å²) in [5, 5.41) is 0. The van der Waals surface area contributed by atoms with Crippen molar-refractivity contribution in [3.8, 4) is 6.57 Å². The Morgan fingerprint density at radius 2 is 1.47 bits per heavy atom. The van der Waals surface area contributed by atoms with Crippen molar-refractivity contribution in [1.82, 2.24) is 0 Å². The molecule has 0 atom stereocenters. The highest BCUT2D eigenvalue weighted by Crippen LogP contribution is 2.42. The van der Waals surface area contributed by atoms with Gasteiger partial charge in [0.05, 0.1) is 4.90 Å². The number of nitrogens with zero attached hydrogens (tertiary/aromatic N) is 1. The van der Waals surface area contributed by atoms with Gasteiger partial charge in [0.1, 0.15) is 10.6 Å². The zero-order valence-electron chi connectivity index (χ0n) is 9.17. The van der Waals surface area contributed by atoms with Crippen molar-refractivity contribution in [3.05, 3.63) is 53.4 Å². The second-order valence-electron chi connectivity index (χ2n) is 3.37. The van der Waals surface area contributed by atoms with E-state index in [2.05, 4.69) is 16.6 Å². The van der Waals surface area contributed by atoms with Gasteiger partial charge in [-0.1, -0.05) is 24.3 Å². The molecule has 2 rings (SSSR count). The molecule has 2 nitrogen and oxygen atoms in total. The maximum absolute atomic E-state index is 5.34. The fourth-order valence-electron chi connectivity index (χ4n) is 1.31. The van der Waals surface area contributed by atoms with Crippen molar-refractivity contribution in [1.29, 1.82) is 0 Å². The summed E-state index contributed by atoms with van der Waals surface area (Å²) in [6, 6.07) is 15.9. The van der Waals surface area contributed by atoms with Crippen LogP contribution in [-0.4, -0.2) is 0 Å². The molecule has 84 valence electrons. The van der Waals surface area contributed by atoms with Crippen LogP contribution in [0.1, 0.15) is 0 Å². The molecule has 0 spiro atoms. The Morgan fingerprint density at radius 3 is 2.18 bits per heavy atom. The molecule has 0 unspecified atom stereocenters. The SMILES string of the molecule is C#[N+]c1ccccc1SSc1ccccc1[NH3+]. The molecule has 0 heterocycles. The molecule has 0 aromatic heterocycles. The number of hydrogen-bond donors (Lipinski definition) is 1. The topological polar surface area (TPSA) is 32.0 Å². The number of hydrogen-bond acceptors (Lipinski definition) is 2. The number of para-hydroxylation sites is 1. The monoisotopic (exact) mass is 260 g/mol. The Balaban J connectivity index is 2.13. The molecule has 0 aliphatic heterocycles. The fourth-order valence-corrected chi connectivity index (χ4v) is 3.59. The first-order valence-corrected chi connectivity index (χ1v) is 7.21. The summed E-state index contributed by atoms with van der Waals surface area (Å²) in [5.74, 6) is 0. The van der Waals surface area contributed by atoms with Gasteiger partial charge in [-0.2, -0.15) is 0 Å². The molecule has 0 saturated heterocycles. The molecule has 0 bridgehead atoms. The van der Waals surface area contributed by atoms with Gasteiger partial charge in [0.25, 0.3) is 6.57 Å². The van der Waals surface area contributed by atoms with Crippen LogP contribution in [0.15, 0.2) is 58.3 Å². The maximum atomic E-state index is 5.34. The lowest BCUT2D eigenvalue weighted by atomic mass is 10.3. The van der Waals surface area contributed by atoms with Gasteiger partial charge >= 0.3 is 5.69 Å². The molecule has 0 fully saturated rings. The first-order valence-electron chi connectivity index (χ1n) is 5.06. The van der Waals surface area contributed by atoms with Gasteiger partial charge < -0.3 is 5.73 Å². The maximum Gasteiger partial charge on any atom is 0.354 e. The molecule has 4 heteroatoms. The van der Waals surface area contributed by atoms with Crippen molar-refractivity contribution >= 4 is 33.0 Å². The number of rotatable bonds is 3. The lowest BCUT2D eigenvalue weighted by Crippen LogP contribution is -2.40. The molecule has 0 aliphatic carbocycles. The lowest BCUT2D eigenvalue weighted by Gasteiger charge is -2.00. The van der Waals surface area contributed by atoms with E-state index in [1.165, 1.54) is 0 Å². The van der Waals surface area contributed by atoms with E-state index in [9.17, 15) is 0 Å². The minimum atomic E-state index is 0.812. The van der Waals surface area contributed by atoms with Crippen LogP contribution in [0.4, 0.5) is 11.4 Å². The van der Waals surface area contributed by atoms with Gasteiger partial charge in [-0.05, 0) is 38.6 Å². The van der Waals surface area contributed by atoms with E-state index in [1.807, 2.05) is 42.5 Å². The average molecular weight is 260 g/mol. The number of quaternary nitrogens is 1. The molecule has 0 amide bonds. The Hall–Kier alpha value is -1.41.